The molecule has 0 aromatic heterocycles. The summed E-state index contributed by atoms with van der Waals surface area (Å²) < 4.78 is 26.6. The summed E-state index contributed by atoms with van der Waals surface area (Å²) in [5, 5.41) is 9.05. The summed E-state index contributed by atoms with van der Waals surface area (Å²) in [6.45, 7) is -0.108. The van der Waals surface area contributed by atoms with E-state index in [-0.39, 0.29) is 29.1 Å². The van der Waals surface area contributed by atoms with Crippen LogP contribution < -0.4 is 5.73 Å². The van der Waals surface area contributed by atoms with E-state index >= 15 is 0 Å². The summed E-state index contributed by atoms with van der Waals surface area (Å²) in [4.78, 5) is 0.168. The highest BCUT2D eigenvalue weighted by Gasteiger charge is 2.38. The molecule has 1 aromatic carbocycles. The SMILES string of the molecule is NC(=S)c1ccccc1S(=O)(=O)N(CCO)C1CC1. The van der Waals surface area contributed by atoms with Crippen molar-refractivity contribution in [3.8, 4) is 0 Å². The van der Waals surface area contributed by atoms with Crippen molar-refractivity contribution in [1.29, 1.82) is 0 Å². The van der Waals surface area contributed by atoms with E-state index in [0.717, 1.165) is 12.8 Å². The number of rotatable bonds is 6. The van der Waals surface area contributed by atoms with E-state index in [0.29, 0.717) is 5.56 Å². The molecule has 0 atom stereocenters. The maximum Gasteiger partial charge on any atom is 0.244 e. The summed E-state index contributed by atoms with van der Waals surface area (Å²) >= 11 is 4.90. The molecule has 3 N–H and O–H groups in total. The smallest absolute Gasteiger partial charge is 0.244 e. The third kappa shape index (κ3) is 2.94. The molecule has 19 heavy (non-hydrogen) atoms. The van der Waals surface area contributed by atoms with Crippen molar-refractivity contribution in [2.24, 2.45) is 5.73 Å². The van der Waals surface area contributed by atoms with Crippen LogP contribution in [-0.2, 0) is 10.0 Å². The Morgan fingerprint density at radius 3 is 2.58 bits per heavy atom. The lowest BCUT2D eigenvalue weighted by molar-refractivity contribution is 0.250. The van der Waals surface area contributed by atoms with Gasteiger partial charge >= 0.3 is 0 Å². The molecule has 1 saturated carbocycles. The molecule has 0 radical (unpaired) electrons. The Morgan fingerprint density at radius 2 is 2.05 bits per heavy atom. The van der Waals surface area contributed by atoms with Crippen LogP contribution in [0.15, 0.2) is 29.2 Å². The number of sulfonamides is 1. The molecule has 1 aliphatic carbocycles. The van der Waals surface area contributed by atoms with E-state index in [2.05, 4.69) is 0 Å². The van der Waals surface area contributed by atoms with Gasteiger partial charge in [0, 0.05) is 18.2 Å². The number of aliphatic hydroxyl groups is 1. The molecule has 0 spiro atoms. The fraction of sp³-hybridized carbons (Fsp3) is 0.417. The molecule has 0 unspecified atom stereocenters. The Hall–Kier alpha value is -1.02. The number of hydrogen-bond acceptors (Lipinski definition) is 4. The Balaban J connectivity index is 2.46. The third-order valence-corrected chi connectivity index (χ3v) is 5.24. The number of nitrogens with two attached hydrogens (primary N) is 1. The molecule has 0 heterocycles. The van der Waals surface area contributed by atoms with Crippen LogP contribution in [-0.4, -0.2) is 42.0 Å². The first-order valence-electron chi connectivity index (χ1n) is 6.00. The van der Waals surface area contributed by atoms with Crippen molar-refractivity contribution in [3.63, 3.8) is 0 Å². The van der Waals surface area contributed by atoms with E-state index in [9.17, 15) is 8.42 Å². The fourth-order valence-electron chi connectivity index (χ4n) is 1.98. The highest BCUT2D eigenvalue weighted by molar-refractivity contribution is 7.89. The van der Waals surface area contributed by atoms with Crippen molar-refractivity contribution < 1.29 is 13.5 Å². The number of thiocarbonyl (C=S) groups is 1. The molecule has 0 bridgehead atoms. The molecule has 104 valence electrons. The minimum absolute atomic E-state index is 0.0171. The van der Waals surface area contributed by atoms with Crippen LogP contribution in [0.25, 0.3) is 0 Å². The van der Waals surface area contributed by atoms with Crippen molar-refractivity contribution in [3.05, 3.63) is 29.8 Å². The van der Waals surface area contributed by atoms with E-state index in [1.54, 1.807) is 18.2 Å². The maximum absolute atomic E-state index is 12.6. The highest BCUT2D eigenvalue weighted by atomic mass is 32.2. The predicted octanol–water partition coefficient (Wildman–Crippen LogP) is 0.466. The zero-order chi connectivity index (χ0) is 14.0. The topological polar surface area (TPSA) is 83.6 Å². The highest BCUT2D eigenvalue weighted by Crippen LogP contribution is 2.32. The summed E-state index contributed by atoms with van der Waals surface area (Å²) in [7, 11) is -3.67. The number of aliphatic hydroxyl groups excluding tert-OH is 1. The summed E-state index contributed by atoms with van der Waals surface area (Å²) in [5.41, 5.74) is 5.92. The van der Waals surface area contributed by atoms with E-state index < -0.39 is 10.0 Å². The Kier molecular flexibility index (Phi) is 4.19. The number of nitrogens with zero attached hydrogens (tertiary/aromatic N) is 1. The Labute approximate surface area is 118 Å². The van der Waals surface area contributed by atoms with E-state index in [4.69, 9.17) is 23.1 Å². The second-order valence-corrected chi connectivity index (χ2v) is 6.73. The van der Waals surface area contributed by atoms with Gasteiger partial charge in [0.2, 0.25) is 10.0 Å². The molecule has 0 saturated heterocycles. The first-order valence-corrected chi connectivity index (χ1v) is 7.85. The van der Waals surface area contributed by atoms with Crippen molar-refractivity contribution in [2.45, 2.75) is 23.8 Å². The van der Waals surface area contributed by atoms with Crippen LogP contribution in [0.1, 0.15) is 18.4 Å². The molecular formula is C12H16N2O3S2. The normalized spacial score (nSPS) is 15.7. The Bertz CT molecular complexity index is 582. The van der Waals surface area contributed by atoms with Gasteiger partial charge in [0.15, 0.2) is 0 Å². The monoisotopic (exact) mass is 300 g/mol. The van der Waals surface area contributed by atoms with Crippen molar-refractivity contribution >= 4 is 27.2 Å². The van der Waals surface area contributed by atoms with Gasteiger partial charge in [-0.05, 0) is 18.9 Å². The van der Waals surface area contributed by atoms with Crippen LogP contribution in [0.4, 0.5) is 0 Å². The van der Waals surface area contributed by atoms with Crippen LogP contribution >= 0.6 is 12.2 Å². The summed E-state index contributed by atoms with van der Waals surface area (Å²) in [5.74, 6) is 0. The molecular weight excluding hydrogens is 284 g/mol. The third-order valence-electron chi connectivity index (χ3n) is 3.01. The van der Waals surface area contributed by atoms with Crippen LogP contribution in [0.5, 0.6) is 0 Å². The Morgan fingerprint density at radius 1 is 1.42 bits per heavy atom. The molecule has 0 amide bonds. The van der Waals surface area contributed by atoms with Gasteiger partial charge in [-0.1, -0.05) is 30.4 Å². The van der Waals surface area contributed by atoms with Gasteiger partial charge in [-0.25, -0.2) is 8.42 Å². The second-order valence-electron chi connectivity index (χ2n) is 4.43. The van der Waals surface area contributed by atoms with Gasteiger partial charge < -0.3 is 10.8 Å². The minimum Gasteiger partial charge on any atom is -0.395 e. The molecule has 7 heteroatoms. The average molecular weight is 300 g/mol. The van der Waals surface area contributed by atoms with Crippen LogP contribution in [0.3, 0.4) is 0 Å². The molecule has 1 aliphatic rings. The van der Waals surface area contributed by atoms with Gasteiger partial charge in [-0.2, -0.15) is 4.31 Å². The fourth-order valence-corrected chi connectivity index (χ4v) is 4.11. The van der Waals surface area contributed by atoms with Gasteiger partial charge in [-0.15, -0.1) is 0 Å². The summed E-state index contributed by atoms with van der Waals surface area (Å²) in [6, 6.07) is 6.41. The number of benzene rings is 1. The second kappa shape index (κ2) is 5.54. The first kappa shape index (κ1) is 14.4. The van der Waals surface area contributed by atoms with E-state index in [1.165, 1.54) is 10.4 Å². The zero-order valence-corrected chi connectivity index (χ0v) is 12.0. The van der Waals surface area contributed by atoms with Crippen LogP contribution in [0.2, 0.25) is 0 Å². The quantitative estimate of drug-likeness (QED) is 0.746. The first-order chi connectivity index (χ1) is 8.98. The zero-order valence-electron chi connectivity index (χ0n) is 10.3. The predicted molar refractivity (Wildman–Crippen MR) is 76.3 cm³/mol. The lowest BCUT2D eigenvalue weighted by Crippen LogP contribution is -2.36. The summed E-state index contributed by atoms with van der Waals surface area (Å²) in [6.07, 6.45) is 1.66. The average Bonchev–Trinajstić information content (AvgIpc) is 3.20. The molecule has 2 rings (SSSR count). The van der Waals surface area contributed by atoms with Crippen molar-refractivity contribution in [1.82, 2.24) is 4.31 Å². The standard InChI is InChI=1S/C12H16N2O3S2/c13-12(18)10-3-1-2-4-11(10)19(16,17)14(7-8-15)9-5-6-9/h1-4,9,15H,5-8H2,(H2,13,18). The largest absolute Gasteiger partial charge is 0.395 e. The maximum atomic E-state index is 12.6. The molecule has 0 aliphatic heterocycles. The van der Waals surface area contributed by atoms with Gasteiger partial charge in [0.1, 0.15) is 4.99 Å². The van der Waals surface area contributed by atoms with Crippen molar-refractivity contribution in [2.75, 3.05) is 13.2 Å². The van der Waals surface area contributed by atoms with Crippen LogP contribution in [0, 0.1) is 0 Å². The lowest BCUT2D eigenvalue weighted by atomic mass is 10.2. The lowest BCUT2D eigenvalue weighted by Gasteiger charge is -2.22. The minimum atomic E-state index is -3.67. The van der Waals surface area contributed by atoms with Gasteiger partial charge in [0.05, 0.1) is 11.5 Å². The molecule has 1 aromatic rings. The molecule has 1 fully saturated rings. The van der Waals surface area contributed by atoms with Gasteiger partial charge in [0.25, 0.3) is 0 Å². The molecule has 5 nitrogen and oxygen atoms in total. The number of hydrogen-bond donors (Lipinski definition) is 2. The van der Waals surface area contributed by atoms with Gasteiger partial charge in [-0.3, -0.25) is 0 Å². The van der Waals surface area contributed by atoms with E-state index in [1.807, 2.05) is 0 Å².